The van der Waals surface area contributed by atoms with E-state index in [1.807, 2.05) is 5.38 Å². The number of nitrogens with zero attached hydrogens (tertiary/aromatic N) is 2. The molecule has 2 aliphatic heterocycles. The van der Waals surface area contributed by atoms with Crippen LogP contribution in [-0.2, 0) is 16.1 Å². The van der Waals surface area contributed by atoms with Crippen LogP contribution in [0.4, 0.5) is 5.13 Å². The van der Waals surface area contributed by atoms with E-state index in [-0.39, 0.29) is 24.2 Å². The zero-order valence-electron chi connectivity index (χ0n) is 12.9. The maximum Gasteiger partial charge on any atom is 0.244 e. The van der Waals surface area contributed by atoms with E-state index >= 15 is 0 Å². The van der Waals surface area contributed by atoms with E-state index in [9.17, 15) is 4.79 Å². The fourth-order valence-corrected chi connectivity index (χ4v) is 4.48. The summed E-state index contributed by atoms with van der Waals surface area (Å²) in [5.41, 5.74) is 1.01. The molecule has 3 atom stereocenters. The minimum absolute atomic E-state index is 0.0134. The lowest BCUT2D eigenvalue weighted by Crippen LogP contribution is -2.44. The standard InChI is InChI=1S/C14H22N4O2S2/c1-9-3-18(4-10(2)20-9)5-11-6-22-14(16-11)17-13(19)12-7-21-8-15-12/h6,9-10,12,15H,3-5,7-8H2,1-2H3,(H,16,17,19). The highest BCUT2D eigenvalue weighted by Crippen LogP contribution is 2.20. The van der Waals surface area contributed by atoms with Crippen molar-refractivity contribution in [1.29, 1.82) is 0 Å². The molecule has 122 valence electrons. The lowest BCUT2D eigenvalue weighted by atomic mass is 10.2. The van der Waals surface area contributed by atoms with E-state index in [2.05, 4.69) is 34.4 Å². The van der Waals surface area contributed by atoms with Gasteiger partial charge in [0.15, 0.2) is 5.13 Å². The predicted octanol–water partition coefficient (Wildman–Crippen LogP) is 1.35. The summed E-state index contributed by atoms with van der Waals surface area (Å²) in [5.74, 6) is 1.68. The first-order chi connectivity index (χ1) is 10.6. The monoisotopic (exact) mass is 342 g/mol. The van der Waals surface area contributed by atoms with E-state index in [1.54, 1.807) is 11.8 Å². The Labute approximate surface area is 139 Å². The molecule has 0 aromatic carbocycles. The molecule has 0 aliphatic carbocycles. The third kappa shape index (κ3) is 4.20. The smallest absolute Gasteiger partial charge is 0.244 e. The summed E-state index contributed by atoms with van der Waals surface area (Å²) in [6, 6.07) is -0.0988. The van der Waals surface area contributed by atoms with Crippen LogP contribution in [-0.4, -0.2) is 58.8 Å². The van der Waals surface area contributed by atoms with E-state index in [0.717, 1.165) is 37.0 Å². The molecule has 2 N–H and O–H groups in total. The van der Waals surface area contributed by atoms with Gasteiger partial charge in [-0.05, 0) is 13.8 Å². The SMILES string of the molecule is CC1CN(Cc2csc(NC(=O)C3CSCN3)n2)CC(C)O1. The Balaban J connectivity index is 1.53. The van der Waals surface area contributed by atoms with Crippen molar-refractivity contribution in [1.82, 2.24) is 15.2 Å². The molecule has 1 amide bonds. The van der Waals surface area contributed by atoms with Gasteiger partial charge in [0.2, 0.25) is 5.91 Å². The van der Waals surface area contributed by atoms with Crippen LogP contribution in [0.1, 0.15) is 19.5 Å². The first-order valence-corrected chi connectivity index (χ1v) is 9.58. The van der Waals surface area contributed by atoms with E-state index in [4.69, 9.17) is 4.74 Å². The van der Waals surface area contributed by atoms with Gasteiger partial charge in [-0.15, -0.1) is 23.1 Å². The molecule has 3 heterocycles. The van der Waals surface area contributed by atoms with Crippen molar-refractivity contribution < 1.29 is 9.53 Å². The quantitative estimate of drug-likeness (QED) is 0.861. The van der Waals surface area contributed by atoms with Crippen molar-refractivity contribution in [2.45, 2.75) is 38.6 Å². The zero-order valence-corrected chi connectivity index (χ0v) is 14.5. The van der Waals surface area contributed by atoms with Crippen LogP contribution < -0.4 is 10.6 Å². The number of hydrogen-bond donors (Lipinski definition) is 2. The molecule has 6 nitrogen and oxygen atoms in total. The summed E-state index contributed by atoms with van der Waals surface area (Å²) in [6.07, 6.45) is 0.514. The normalized spacial score (nSPS) is 29.6. The van der Waals surface area contributed by atoms with Gasteiger partial charge in [0.05, 0.1) is 23.9 Å². The maximum atomic E-state index is 12.1. The number of morpholine rings is 1. The van der Waals surface area contributed by atoms with Crippen LogP contribution in [0.2, 0.25) is 0 Å². The molecule has 0 radical (unpaired) electrons. The summed E-state index contributed by atoms with van der Waals surface area (Å²) in [4.78, 5) is 18.9. The molecule has 8 heteroatoms. The number of anilines is 1. The molecule has 1 aromatic heterocycles. The molecule has 2 aliphatic rings. The Morgan fingerprint density at radius 1 is 1.50 bits per heavy atom. The van der Waals surface area contributed by atoms with Crippen molar-refractivity contribution >= 4 is 34.1 Å². The van der Waals surface area contributed by atoms with Gasteiger partial charge in [-0.2, -0.15) is 0 Å². The zero-order chi connectivity index (χ0) is 15.5. The van der Waals surface area contributed by atoms with Crippen LogP contribution in [0.3, 0.4) is 0 Å². The molecule has 3 rings (SSSR count). The Bertz CT molecular complexity index is 509. The minimum atomic E-state index is -0.0988. The topological polar surface area (TPSA) is 66.5 Å². The summed E-state index contributed by atoms with van der Waals surface area (Å²) in [6.45, 7) is 6.85. The van der Waals surface area contributed by atoms with Crippen molar-refractivity contribution in [2.24, 2.45) is 0 Å². The second-order valence-electron chi connectivity index (χ2n) is 5.86. The van der Waals surface area contributed by atoms with Crippen LogP contribution >= 0.6 is 23.1 Å². The first kappa shape index (κ1) is 16.2. The minimum Gasteiger partial charge on any atom is -0.373 e. The van der Waals surface area contributed by atoms with Crippen LogP contribution in [0.25, 0.3) is 0 Å². The van der Waals surface area contributed by atoms with Crippen molar-refractivity contribution in [3.05, 3.63) is 11.1 Å². The number of rotatable bonds is 4. The summed E-state index contributed by atoms with van der Waals surface area (Å²) >= 11 is 3.23. The second kappa shape index (κ2) is 7.27. The number of thioether (sulfide) groups is 1. The number of aromatic nitrogens is 1. The summed E-state index contributed by atoms with van der Waals surface area (Å²) in [7, 11) is 0. The van der Waals surface area contributed by atoms with Gasteiger partial charge < -0.3 is 10.1 Å². The molecule has 22 heavy (non-hydrogen) atoms. The maximum absolute atomic E-state index is 12.1. The van der Waals surface area contributed by atoms with E-state index in [1.165, 1.54) is 11.3 Å². The molecule has 0 bridgehead atoms. The molecule has 0 spiro atoms. The Morgan fingerprint density at radius 3 is 2.95 bits per heavy atom. The average molecular weight is 342 g/mol. The number of thiazole rings is 1. The lowest BCUT2D eigenvalue weighted by Gasteiger charge is -2.34. The summed E-state index contributed by atoms with van der Waals surface area (Å²) in [5, 5.41) is 8.79. The van der Waals surface area contributed by atoms with Crippen LogP contribution in [0, 0.1) is 0 Å². The number of ether oxygens (including phenoxy) is 1. The highest BCUT2D eigenvalue weighted by atomic mass is 32.2. The average Bonchev–Trinajstić information content (AvgIpc) is 3.09. The third-order valence-corrected chi connectivity index (χ3v) is 5.44. The predicted molar refractivity (Wildman–Crippen MR) is 90.3 cm³/mol. The van der Waals surface area contributed by atoms with Gasteiger partial charge in [0.1, 0.15) is 0 Å². The van der Waals surface area contributed by atoms with Crippen molar-refractivity contribution in [3.63, 3.8) is 0 Å². The van der Waals surface area contributed by atoms with Gasteiger partial charge in [-0.1, -0.05) is 0 Å². The first-order valence-electron chi connectivity index (χ1n) is 7.54. The number of carbonyl (C=O) groups is 1. The highest BCUT2D eigenvalue weighted by molar-refractivity contribution is 7.99. The number of carbonyl (C=O) groups excluding carboxylic acids is 1. The molecule has 2 fully saturated rings. The highest BCUT2D eigenvalue weighted by Gasteiger charge is 2.24. The Morgan fingerprint density at radius 2 is 2.27 bits per heavy atom. The number of hydrogen-bond acceptors (Lipinski definition) is 7. The molecule has 2 saturated heterocycles. The Hall–Kier alpha value is -0.670. The lowest BCUT2D eigenvalue weighted by molar-refractivity contribution is -0.117. The second-order valence-corrected chi connectivity index (χ2v) is 7.74. The molecular weight excluding hydrogens is 320 g/mol. The number of nitrogens with one attached hydrogen (secondary N) is 2. The van der Waals surface area contributed by atoms with Crippen LogP contribution in [0.5, 0.6) is 0 Å². The van der Waals surface area contributed by atoms with Crippen LogP contribution in [0.15, 0.2) is 5.38 Å². The van der Waals surface area contributed by atoms with Gasteiger partial charge in [-0.3, -0.25) is 15.0 Å². The van der Waals surface area contributed by atoms with Gasteiger partial charge >= 0.3 is 0 Å². The molecular formula is C14H22N4O2S2. The molecule has 3 unspecified atom stereocenters. The van der Waals surface area contributed by atoms with E-state index in [0.29, 0.717) is 5.13 Å². The Kier molecular flexibility index (Phi) is 5.35. The number of amides is 1. The van der Waals surface area contributed by atoms with Gasteiger partial charge in [0, 0.05) is 36.6 Å². The van der Waals surface area contributed by atoms with Crippen molar-refractivity contribution in [2.75, 3.05) is 30.0 Å². The third-order valence-electron chi connectivity index (χ3n) is 3.70. The van der Waals surface area contributed by atoms with Gasteiger partial charge in [-0.25, -0.2) is 4.98 Å². The van der Waals surface area contributed by atoms with E-state index < -0.39 is 0 Å². The van der Waals surface area contributed by atoms with Gasteiger partial charge in [0.25, 0.3) is 0 Å². The molecule has 1 aromatic rings. The largest absolute Gasteiger partial charge is 0.373 e. The fraction of sp³-hybridized carbons (Fsp3) is 0.714. The van der Waals surface area contributed by atoms with Crippen molar-refractivity contribution in [3.8, 4) is 0 Å². The summed E-state index contributed by atoms with van der Waals surface area (Å²) < 4.78 is 5.74. The molecule has 0 saturated carbocycles. The fourth-order valence-electron chi connectivity index (χ4n) is 2.84.